The van der Waals surface area contributed by atoms with E-state index in [1.807, 2.05) is 38.1 Å². The molecule has 1 aromatic carbocycles. The lowest BCUT2D eigenvalue weighted by Crippen LogP contribution is -2.39. The Morgan fingerprint density at radius 3 is 2.59 bits per heavy atom. The number of amides is 1. The van der Waals surface area contributed by atoms with E-state index in [9.17, 15) is 4.79 Å². The number of nitrogens with one attached hydrogen (secondary N) is 3. The summed E-state index contributed by atoms with van der Waals surface area (Å²) in [5.41, 5.74) is 0.974. The number of carbonyl (C=O) groups is 1. The number of guanidine groups is 1. The van der Waals surface area contributed by atoms with Crippen molar-refractivity contribution in [2.75, 3.05) is 19.6 Å². The van der Waals surface area contributed by atoms with Crippen LogP contribution in [0.1, 0.15) is 32.3 Å². The van der Waals surface area contributed by atoms with Crippen LogP contribution in [0.4, 0.5) is 0 Å². The molecule has 0 saturated heterocycles. The lowest BCUT2D eigenvalue weighted by molar-refractivity contribution is -0.120. The van der Waals surface area contributed by atoms with Crippen molar-refractivity contribution in [1.29, 1.82) is 0 Å². The summed E-state index contributed by atoms with van der Waals surface area (Å²) in [6.45, 7) is 6.56. The lowest BCUT2D eigenvalue weighted by Gasteiger charge is -2.11. The van der Waals surface area contributed by atoms with Crippen LogP contribution in [0.3, 0.4) is 0 Å². The Bertz CT molecular complexity index is 491. The lowest BCUT2D eigenvalue weighted by atomic mass is 10.2. The highest BCUT2D eigenvalue weighted by Gasteiger charge is 2.03. The van der Waals surface area contributed by atoms with Gasteiger partial charge in [-0.2, -0.15) is 0 Å². The number of hydrogen-bond donors (Lipinski definition) is 3. The molecule has 0 aliphatic rings. The Kier molecular flexibility index (Phi) is 9.07. The monoisotopic (exact) mass is 324 g/mol. The molecule has 0 atom stereocenters. The van der Waals surface area contributed by atoms with E-state index in [1.165, 1.54) is 0 Å². The minimum atomic E-state index is 0.0521. The number of benzene rings is 1. The molecule has 0 aliphatic heterocycles. The average Bonchev–Trinajstić information content (AvgIpc) is 2.52. The second-order valence-electron chi connectivity index (χ2n) is 4.81. The Morgan fingerprint density at radius 1 is 1.14 bits per heavy atom. The van der Waals surface area contributed by atoms with E-state index in [-0.39, 0.29) is 5.91 Å². The second-order valence-corrected chi connectivity index (χ2v) is 5.22. The number of halogens is 1. The van der Waals surface area contributed by atoms with Crippen LogP contribution in [0.15, 0.2) is 29.3 Å². The third kappa shape index (κ3) is 7.31. The van der Waals surface area contributed by atoms with Crippen molar-refractivity contribution in [3.8, 4) is 0 Å². The number of aliphatic imine (C=N–C) groups is 1. The molecule has 0 aromatic heterocycles. The highest BCUT2D eigenvalue weighted by atomic mass is 35.5. The van der Waals surface area contributed by atoms with Crippen molar-refractivity contribution in [2.45, 2.75) is 33.2 Å². The summed E-state index contributed by atoms with van der Waals surface area (Å²) in [5, 5.41) is 9.86. The first-order valence-electron chi connectivity index (χ1n) is 7.69. The molecule has 6 heteroatoms. The van der Waals surface area contributed by atoms with Crippen LogP contribution in [-0.2, 0) is 11.3 Å². The topological polar surface area (TPSA) is 65.5 Å². The Hall–Kier alpha value is -1.75. The molecular weight excluding hydrogens is 300 g/mol. The van der Waals surface area contributed by atoms with Crippen molar-refractivity contribution in [2.24, 2.45) is 4.99 Å². The molecule has 0 saturated carbocycles. The fraction of sp³-hybridized carbons (Fsp3) is 0.500. The van der Waals surface area contributed by atoms with E-state index in [1.54, 1.807) is 0 Å². The molecule has 3 N–H and O–H groups in total. The third-order valence-electron chi connectivity index (χ3n) is 2.93. The molecule has 122 valence electrons. The molecule has 1 amide bonds. The molecule has 22 heavy (non-hydrogen) atoms. The van der Waals surface area contributed by atoms with Crippen LogP contribution in [0.25, 0.3) is 0 Å². The van der Waals surface area contributed by atoms with Gasteiger partial charge in [-0.05, 0) is 25.0 Å². The minimum Gasteiger partial charge on any atom is -0.357 e. The van der Waals surface area contributed by atoms with Gasteiger partial charge in [0.2, 0.25) is 5.91 Å². The van der Waals surface area contributed by atoms with Crippen molar-refractivity contribution < 1.29 is 4.79 Å². The number of hydrogen-bond acceptors (Lipinski definition) is 2. The van der Waals surface area contributed by atoms with Gasteiger partial charge in [0.05, 0.1) is 6.54 Å². The van der Waals surface area contributed by atoms with E-state index in [0.29, 0.717) is 30.5 Å². The van der Waals surface area contributed by atoms with Gasteiger partial charge in [0.1, 0.15) is 0 Å². The van der Waals surface area contributed by atoms with Crippen LogP contribution in [0, 0.1) is 0 Å². The Morgan fingerprint density at radius 2 is 1.91 bits per heavy atom. The van der Waals surface area contributed by atoms with Gasteiger partial charge in [-0.25, -0.2) is 4.99 Å². The van der Waals surface area contributed by atoms with Gasteiger partial charge in [0.15, 0.2) is 5.96 Å². The van der Waals surface area contributed by atoms with Gasteiger partial charge in [0.25, 0.3) is 0 Å². The maximum Gasteiger partial charge on any atom is 0.221 e. The first-order chi connectivity index (χ1) is 10.7. The molecule has 0 heterocycles. The SMILES string of the molecule is CCCNC(=O)CCNC(=NCc1ccccc1Cl)NCC. The van der Waals surface area contributed by atoms with E-state index >= 15 is 0 Å². The predicted molar refractivity (Wildman–Crippen MR) is 92.2 cm³/mol. The molecule has 5 nitrogen and oxygen atoms in total. The zero-order chi connectivity index (χ0) is 16.2. The summed E-state index contributed by atoms with van der Waals surface area (Å²) in [6.07, 6.45) is 1.37. The summed E-state index contributed by atoms with van der Waals surface area (Å²) in [4.78, 5) is 16.0. The Labute approximate surface area is 137 Å². The summed E-state index contributed by atoms with van der Waals surface area (Å²) < 4.78 is 0. The van der Waals surface area contributed by atoms with Gasteiger partial charge >= 0.3 is 0 Å². The number of carbonyl (C=O) groups excluding carboxylic acids is 1. The normalized spacial score (nSPS) is 11.1. The van der Waals surface area contributed by atoms with Gasteiger partial charge in [0, 0.05) is 31.1 Å². The van der Waals surface area contributed by atoms with Gasteiger partial charge in [-0.1, -0.05) is 36.7 Å². The maximum atomic E-state index is 11.5. The van der Waals surface area contributed by atoms with Gasteiger partial charge in [-0.3, -0.25) is 4.79 Å². The zero-order valence-electron chi connectivity index (χ0n) is 13.3. The molecule has 0 bridgehead atoms. The highest BCUT2D eigenvalue weighted by Crippen LogP contribution is 2.15. The van der Waals surface area contributed by atoms with Crippen molar-refractivity contribution in [3.63, 3.8) is 0 Å². The molecule has 1 rings (SSSR count). The minimum absolute atomic E-state index is 0.0521. The fourth-order valence-electron chi connectivity index (χ4n) is 1.78. The standard InChI is InChI=1S/C16H25ClN4O/c1-3-10-19-15(22)9-11-20-16(18-4-2)21-12-13-7-5-6-8-14(13)17/h5-8H,3-4,9-12H2,1-2H3,(H,19,22)(H2,18,20,21). The third-order valence-corrected chi connectivity index (χ3v) is 3.29. The molecule has 0 fully saturated rings. The van der Waals surface area contributed by atoms with Gasteiger partial charge in [-0.15, -0.1) is 0 Å². The molecular formula is C16H25ClN4O. The molecule has 0 aliphatic carbocycles. The molecule has 0 radical (unpaired) electrons. The van der Waals surface area contributed by atoms with Crippen LogP contribution in [0.5, 0.6) is 0 Å². The second kappa shape index (κ2) is 10.9. The number of nitrogens with zero attached hydrogens (tertiary/aromatic N) is 1. The highest BCUT2D eigenvalue weighted by molar-refractivity contribution is 6.31. The summed E-state index contributed by atoms with van der Waals surface area (Å²) in [5.74, 6) is 0.738. The quantitative estimate of drug-likeness (QED) is 0.508. The largest absolute Gasteiger partial charge is 0.357 e. The summed E-state index contributed by atoms with van der Waals surface area (Å²) >= 11 is 6.12. The smallest absolute Gasteiger partial charge is 0.221 e. The predicted octanol–water partition coefficient (Wildman–Crippen LogP) is 2.31. The van der Waals surface area contributed by atoms with Crippen LogP contribution < -0.4 is 16.0 Å². The molecule has 0 spiro atoms. The van der Waals surface area contributed by atoms with E-state index in [2.05, 4.69) is 20.9 Å². The van der Waals surface area contributed by atoms with Crippen LogP contribution in [-0.4, -0.2) is 31.5 Å². The number of rotatable bonds is 8. The maximum absolute atomic E-state index is 11.5. The molecule has 1 aromatic rings. The van der Waals surface area contributed by atoms with E-state index < -0.39 is 0 Å². The summed E-state index contributed by atoms with van der Waals surface area (Å²) in [7, 11) is 0. The van der Waals surface area contributed by atoms with Crippen molar-refractivity contribution in [3.05, 3.63) is 34.9 Å². The van der Waals surface area contributed by atoms with E-state index in [0.717, 1.165) is 25.1 Å². The zero-order valence-corrected chi connectivity index (χ0v) is 14.0. The van der Waals surface area contributed by atoms with Crippen molar-refractivity contribution >= 4 is 23.5 Å². The fourth-order valence-corrected chi connectivity index (χ4v) is 1.98. The van der Waals surface area contributed by atoms with Crippen LogP contribution in [0.2, 0.25) is 5.02 Å². The first kappa shape index (κ1) is 18.3. The van der Waals surface area contributed by atoms with Crippen LogP contribution >= 0.6 is 11.6 Å². The summed E-state index contributed by atoms with van der Waals surface area (Å²) in [6, 6.07) is 7.64. The Balaban J connectivity index is 2.45. The molecule has 0 unspecified atom stereocenters. The first-order valence-corrected chi connectivity index (χ1v) is 8.07. The van der Waals surface area contributed by atoms with Crippen molar-refractivity contribution in [1.82, 2.24) is 16.0 Å². The van der Waals surface area contributed by atoms with Gasteiger partial charge < -0.3 is 16.0 Å². The average molecular weight is 325 g/mol. The van der Waals surface area contributed by atoms with E-state index in [4.69, 9.17) is 11.6 Å².